The molecule has 1 amide bonds. The molecule has 0 bridgehead atoms. The van der Waals surface area contributed by atoms with Gasteiger partial charge < -0.3 is 9.88 Å². The van der Waals surface area contributed by atoms with Crippen molar-refractivity contribution in [1.29, 1.82) is 0 Å². The summed E-state index contributed by atoms with van der Waals surface area (Å²) in [6.07, 6.45) is 5.98. The number of carbonyl (C=O) groups excluding carboxylic acids is 1. The second-order valence-corrected chi connectivity index (χ2v) is 6.75. The molecule has 142 valence electrons. The Hall–Kier alpha value is -2.69. The van der Waals surface area contributed by atoms with Crippen LogP contribution in [-0.4, -0.2) is 15.5 Å². The van der Waals surface area contributed by atoms with Gasteiger partial charge in [0.25, 0.3) is 5.91 Å². The highest BCUT2D eigenvalue weighted by molar-refractivity contribution is 5.94. The van der Waals surface area contributed by atoms with E-state index in [1.165, 1.54) is 37.8 Å². The summed E-state index contributed by atoms with van der Waals surface area (Å²) in [4.78, 5) is 17.0. The van der Waals surface area contributed by atoms with Gasteiger partial charge >= 0.3 is 0 Å². The molecule has 3 rings (SSSR count). The summed E-state index contributed by atoms with van der Waals surface area (Å²) in [6.45, 7) is 3.35. The monoisotopic (exact) mass is 367 g/mol. The molecule has 0 atom stereocenters. The number of hydrogen-bond donors (Lipinski definition) is 1. The van der Waals surface area contributed by atoms with Crippen molar-refractivity contribution in [3.05, 3.63) is 65.7 Å². The van der Waals surface area contributed by atoms with Crippen LogP contribution < -0.4 is 5.32 Å². The van der Waals surface area contributed by atoms with Gasteiger partial charge in [0.1, 0.15) is 11.6 Å². The number of halogens is 1. The third-order valence-corrected chi connectivity index (χ3v) is 4.74. The lowest BCUT2D eigenvalue weighted by Crippen LogP contribution is -2.25. The SMILES string of the molecule is CCCCCCCn1c(CNC(=O)c2ccccc2F)nc2ccccc21. The van der Waals surface area contributed by atoms with Gasteiger partial charge in [0.05, 0.1) is 23.1 Å². The molecule has 0 fully saturated rings. The van der Waals surface area contributed by atoms with Crippen LogP contribution in [0.2, 0.25) is 0 Å². The third-order valence-electron chi connectivity index (χ3n) is 4.74. The lowest BCUT2D eigenvalue weighted by atomic mass is 10.1. The Bertz CT molecular complexity index is 903. The summed E-state index contributed by atoms with van der Waals surface area (Å²) < 4.78 is 16.0. The summed E-state index contributed by atoms with van der Waals surface area (Å²) in [5.41, 5.74) is 2.05. The number of hydrogen-bond acceptors (Lipinski definition) is 2. The molecule has 0 saturated carbocycles. The molecule has 0 aliphatic heterocycles. The van der Waals surface area contributed by atoms with Crippen molar-refractivity contribution in [2.24, 2.45) is 0 Å². The molecular weight excluding hydrogens is 341 g/mol. The predicted octanol–water partition coefficient (Wildman–Crippen LogP) is 5.08. The van der Waals surface area contributed by atoms with E-state index in [1.54, 1.807) is 12.1 Å². The number of unbranched alkanes of at least 4 members (excludes halogenated alkanes) is 4. The number of fused-ring (bicyclic) bond motifs is 1. The van der Waals surface area contributed by atoms with Crippen LogP contribution in [0.3, 0.4) is 0 Å². The molecule has 3 aromatic rings. The number of imidazole rings is 1. The molecule has 0 unspecified atom stereocenters. The fourth-order valence-electron chi connectivity index (χ4n) is 3.28. The first-order chi connectivity index (χ1) is 13.2. The molecule has 1 heterocycles. The highest BCUT2D eigenvalue weighted by Gasteiger charge is 2.14. The van der Waals surface area contributed by atoms with E-state index in [4.69, 9.17) is 0 Å². The Morgan fingerprint density at radius 2 is 1.78 bits per heavy atom. The molecule has 27 heavy (non-hydrogen) atoms. The lowest BCUT2D eigenvalue weighted by molar-refractivity contribution is 0.0945. The van der Waals surface area contributed by atoms with Gasteiger partial charge in [0, 0.05) is 6.54 Å². The number of nitrogens with one attached hydrogen (secondary N) is 1. The molecule has 0 spiro atoms. The summed E-state index contributed by atoms with van der Waals surface area (Å²) in [5, 5.41) is 2.81. The Kier molecular flexibility index (Phi) is 6.58. The van der Waals surface area contributed by atoms with Gasteiger partial charge in [-0.2, -0.15) is 0 Å². The standard InChI is InChI=1S/C22H26FN3O/c1-2-3-4-5-10-15-26-20-14-9-8-13-19(20)25-21(26)16-24-22(27)17-11-6-7-12-18(17)23/h6-9,11-14H,2-5,10,15-16H2,1H3,(H,24,27). The second-order valence-electron chi connectivity index (χ2n) is 6.75. The van der Waals surface area contributed by atoms with Crippen molar-refractivity contribution < 1.29 is 9.18 Å². The van der Waals surface area contributed by atoms with Crippen molar-refractivity contribution in [3.63, 3.8) is 0 Å². The molecule has 2 aromatic carbocycles. The van der Waals surface area contributed by atoms with Crippen molar-refractivity contribution >= 4 is 16.9 Å². The van der Waals surface area contributed by atoms with Gasteiger partial charge in [-0.3, -0.25) is 4.79 Å². The largest absolute Gasteiger partial charge is 0.345 e. The summed E-state index contributed by atoms with van der Waals surface area (Å²) in [5.74, 6) is -0.134. The number of rotatable bonds is 9. The smallest absolute Gasteiger partial charge is 0.254 e. The molecule has 0 aliphatic carbocycles. The fraction of sp³-hybridized carbons (Fsp3) is 0.364. The maximum absolute atomic E-state index is 13.8. The summed E-state index contributed by atoms with van der Waals surface area (Å²) in [6, 6.07) is 14.0. The second kappa shape index (κ2) is 9.31. The Balaban J connectivity index is 1.72. The fourth-order valence-corrected chi connectivity index (χ4v) is 3.28. The Morgan fingerprint density at radius 1 is 1.04 bits per heavy atom. The van der Waals surface area contributed by atoms with Crippen LogP contribution in [0.15, 0.2) is 48.5 Å². The van der Waals surface area contributed by atoms with Crippen LogP contribution in [0, 0.1) is 5.82 Å². The first-order valence-corrected chi connectivity index (χ1v) is 9.67. The van der Waals surface area contributed by atoms with E-state index in [2.05, 4.69) is 27.9 Å². The van der Waals surface area contributed by atoms with E-state index >= 15 is 0 Å². The van der Waals surface area contributed by atoms with E-state index < -0.39 is 11.7 Å². The molecule has 5 heteroatoms. The molecule has 1 aromatic heterocycles. The zero-order valence-electron chi connectivity index (χ0n) is 15.7. The number of para-hydroxylation sites is 2. The van der Waals surface area contributed by atoms with Crippen LogP contribution in [0.25, 0.3) is 11.0 Å². The molecule has 0 saturated heterocycles. The first-order valence-electron chi connectivity index (χ1n) is 9.67. The van der Waals surface area contributed by atoms with Gasteiger partial charge in [-0.1, -0.05) is 56.9 Å². The molecule has 1 N–H and O–H groups in total. The number of amides is 1. The number of nitrogens with zero attached hydrogens (tertiary/aromatic N) is 2. The van der Waals surface area contributed by atoms with Crippen molar-refractivity contribution in [2.45, 2.75) is 52.1 Å². The van der Waals surface area contributed by atoms with Crippen LogP contribution >= 0.6 is 0 Å². The minimum Gasteiger partial charge on any atom is -0.345 e. The van der Waals surface area contributed by atoms with Crippen molar-refractivity contribution in [3.8, 4) is 0 Å². The quantitative estimate of drug-likeness (QED) is 0.536. The minimum atomic E-state index is -0.514. The Morgan fingerprint density at radius 3 is 2.59 bits per heavy atom. The minimum absolute atomic E-state index is 0.0553. The zero-order valence-corrected chi connectivity index (χ0v) is 15.7. The highest BCUT2D eigenvalue weighted by Crippen LogP contribution is 2.18. The highest BCUT2D eigenvalue weighted by atomic mass is 19.1. The topological polar surface area (TPSA) is 46.9 Å². The number of benzene rings is 2. The van der Waals surface area contributed by atoms with Crippen LogP contribution in [0.1, 0.15) is 55.2 Å². The van der Waals surface area contributed by atoms with Gasteiger partial charge in [0.15, 0.2) is 0 Å². The van der Waals surface area contributed by atoms with Crippen LogP contribution in [0.4, 0.5) is 4.39 Å². The van der Waals surface area contributed by atoms with E-state index in [0.29, 0.717) is 0 Å². The third kappa shape index (κ3) is 4.73. The molecular formula is C22H26FN3O. The van der Waals surface area contributed by atoms with Gasteiger partial charge in [-0.15, -0.1) is 0 Å². The van der Waals surface area contributed by atoms with E-state index in [1.807, 2.05) is 18.2 Å². The number of aryl methyl sites for hydroxylation is 1. The zero-order chi connectivity index (χ0) is 19.1. The van der Waals surface area contributed by atoms with Gasteiger partial charge in [-0.25, -0.2) is 9.37 Å². The average molecular weight is 367 g/mol. The molecule has 0 radical (unpaired) electrons. The Labute approximate surface area is 159 Å². The van der Waals surface area contributed by atoms with Gasteiger partial charge in [-0.05, 0) is 30.7 Å². The maximum Gasteiger partial charge on any atom is 0.254 e. The molecule has 0 aliphatic rings. The predicted molar refractivity (Wildman–Crippen MR) is 106 cm³/mol. The maximum atomic E-state index is 13.8. The number of aromatic nitrogens is 2. The van der Waals surface area contributed by atoms with E-state index in [0.717, 1.165) is 29.8 Å². The van der Waals surface area contributed by atoms with Crippen molar-refractivity contribution in [2.75, 3.05) is 0 Å². The number of carbonyl (C=O) groups is 1. The first kappa shape index (κ1) is 19.1. The average Bonchev–Trinajstić information content (AvgIpc) is 3.04. The molecule has 4 nitrogen and oxygen atoms in total. The lowest BCUT2D eigenvalue weighted by Gasteiger charge is -2.10. The van der Waals surface area contributed by atoms with Crippen molar-refractivity contribution in [1.82, 2.24) is 14.9 Å². The van der Waals surface area contributed by atoms with Gasteiger partial charge in [0.2, 0.25) is 0 Å². The summed E-state index contributed by atoms with van der Waals surface area (Å²) in [7, 11) is 0. The van der Waals surface area contributed by atoms with E-state index in [9.17, 15) is 9.18 Å². The van der Waals surface area contributed by atoms with E-state index in [-0.39, 0.29) is 12.1 Å². The van der Waals surface area contributed by atoms with Crippen LogP contribution in [-0.2, 0) is 13.1 Å². The van der Waals surface area contributed by atoms with Crippen LogP contribution in [0.5, 0.6) is 0 Å². The summed E-state index contributed by atoms with van der Waals surface area (Å²) >= 11 is 0. The normalized spacial score (nSPS) is 11.0.